The highest BCUT2D eigenvalue weighted by Crippen LogP contribution is 2.30. The zero-order valence-corrected chi connectivity index (χ0v) is 7.19. The van der Waals surface area contributed by atoms with Gasteiger partial charge < -0.3 is 5.11 Å². The number of thiazole rings is 1. The predicted molar refractivity (Wildman–Crippen MR) is 43.2 cm³/mol. The van der Waals surface area contributed by atoms with Crippen LogP contribution in [0.25, 0.3) is 6.08 Å². The zero-order valence-electron chi connectivity index (χ0n) is 6.38. The van der Waals surface area contributed by atoms with Crippen molar-refractivity contribution < 1.29 is 18.3 Å². The highest BCUT2D eigenvalue weighted by atomic mass is 32.1. The van der Waals surface area contributed by atoms with Crippen LogP contribution in [0.1, 0.15) is 10.7 Å². The van der Waals surface area contributed by atoms with E-state index < -0.39 is 11.9 Å². The molecule has 13 heavy (non-hydrogen) atoms. The van der Waals surface area contributed by atoms with Crippen molar-refractivity contribution in [3.05, 3.63) is 22.2 Å². The minimum atomic E-state index is -4.39. The van der Waals surface area contributed by atoms with Gasteiger partial charge in [-0.1, -0.05) is 6.08 Å². The Kier molecular flexibility index (Phi) is 3.05. The second kappa shape index (κ2) is 3.89. The van der Waals surface area contributed by atoms with Gasteiger partial charge in [0.15, 0.2) is 5.69 Å². The highest BCUT2D eigenvalue weighted by molar-refractivity contribution is 7.10. The lowest BCUT2D eigenvalue weighted by Crippen LogP contribution is -2.04. The van der Waals surface area contributed by atoms with Gasteiger partial charge in [-0.05, 0) is 6.08 Å². The van der Waals surface area contributed by atoms with E-state index in [0.29, 0.717) is 0 Å². The van der Waals surface area contributed by atoms with Crippen LogP contribution in [0.2, 0.25) is 0 Å². The fourth-order valence-corrected chi connectivity index (χ4v) is 1.39. The van der Waals surface area contributed by atoms with Crippen molar-refractivity contribution in [2.24, 2.45) is 0 Å². The van der Waals surface area contributed by atoms with E-state index in [4.69, 9.17) is 5.11 Å². The molecular formula is C7H6F3NOS. The van der Waals surface area contributed by atoms with Crippen molar-refractivity contribution in [2.75, 3.05) is 6.61 Å². The van der Waals surface area contributed by atoms with Crippen LogP contribution in [0.4, 0.5) is 13.2 Å². The summed E-state index contributed by atoms with van der Waals surface area (Å²) in [6, 6.07) is 0. The Morgan fingerprint density at radius 2 is 2.23 bits per heavy atom. The molecule has 0 unspecified atom stereocenters. The Morgan fingerprint density at radius 3 is 2.69 bits per heavy atom. The summed E-state index contributed by atoms with van der Waals surface area (Å²) in [5.74, 6) is 0. The molecule has 0 bridgehead atoms. The number of aliphatic hydroxyl groups excluding tert-OH is 1. The Balaban J connectivity index is 2.81. The van der Waals surface area contributed by atoms with E-state index >= 15 is 0 Å². The van der Waals surface area contributed by atoms with E-state index in [2.05, 4.69) is 4.98 Å². The van der Waals surface area contributed by atoms with Gasteiger partial charge in [-0.15, -0.1) is 11.3 Å². The minimum Gasteiger partial charge on any atom is -0.392 e. The first kappa shape index (κ1) is 10.2. The molecule has 1 aromatic rings. The molecule has 0 saturated heterocycles. The van der Waals surface area contributed by atoms with E-state index in [1.807, 2.05) is 0 Å². The van der Waals surface area contributed by atoms with Gasteiger partial charge in [0.2, 0.25) is 0 Å². The molecule has 1 rings (SSSR count). The molecule has 0 aliphatic rings. The molecule has 72 valence electrons. The number of alkyl halides is 3. The predicted octanol–water partition coefficient (Wildman–Crippen LogP) is 2.17. The lowest BCUT2D eigenvalue weighted by atomic mass is 10.5. The molecule has 1 heterocycles. The first-order chi connectivity index (χ1) is 6.04. The van der Waals surface area contributed by atoms with Crippen LogP contribution >= 0.6 is 11.3 Å². The number of hydrogen-bond donors (Lipinski definition) is 1. The third kappa shape index (κ3) is 2.82. The number of aromatic nitrogens is 1. The van der Waals surface area contributed by atoms with Crippen LogP contribution in [-0.2, 0) is 6.18 Å². The molecule has 0 atom stereocenters. The van der Waals surface area contributed by atoms with E-state index in [9.17, 15) is 13.2 Å². The van der Waals surface area contributed by atoms with Gasteiger partial charge in [-0.3, -0.25) is 0 Å². The molecule has 0 aromatic carbocycles. The summed E-state index contributed by atoms with van der Waals surface area (Å²) in [4.78, 5) is 3.31. The van der Waals surface area contributed by atoms with E-state index in [1.54, 1.807) is 0 Å². The smallest absolute Gasteiger partial charge is 0.392 e. The average Bonchev–Trinajstić information content (AvgIpc) is 2.47. The standard InChI is InChI=1S/C7H6F3NOS/c8-7(9,10)5-4-13-6(11-5)2-1-3-12/h1-2,4,12H,3H2. The summed E-state index contributed by atoms with van der Waals surface area (Å²) in [6.45, 7) is -0.207. The van der Waals surface area contributed by atoms with Crippen molar-refractivity contribution >= 4 is 17.4 Å². The molecule has 1 aromatic heterocycles. The number of aliphatic hydroxyl groups is 1. The van der Waals surface area contributed by atoms with Crippen LogP contribution in [0.3, 0.4) is 0 Å². The second-order valence-corrected chi connectivity index (χ2v) is 3.04. The summed E-state index contributed by atoms with van der Waals surface area (Å²) >= 11 is 0.887. The number of nitrogens with zero attached hydrogens (tertiary/aromatic N) is 1. The first-order valence-corrected chi connectivity index (χ1v) is 4.22. The van der Waals surface area contributed by atoms with Gasteiger partial charge in [0.05, 0.1) is 6.61 Å². The van der Waals surface area contributed by atoms with Crippen LogP contribution in [-0.4, -0.2) is 16.7 Å². The lowest BCUT2D eigenvalue weighted by molar-refractivity contribution is -0.140. The van der Waals surface area contributed by atoms with Gasteiger partial charge in [0, 0.05) is 5.38 Å². The molecule has 0 spiro atoms. The Labute approximate surface area is 76.4 Å². The van der Waals surface area contributed by atoms with E-state index in [-0.39, 0.29) is 11.6 Å². The SMILES string of the molecule is OCC=Cc1nc(C(F)(F)F)cs1. The molecule has 0 aliphatic carbocycles. The molecule has 0 amide bonds. The van der Waals surface area contributed by atoms with Crippen molar-refractivity contribution in [2.45, 2.75) is 6.18 Å². The van der Waals surface area contributed by atoms with Crippen LogP contribution < -0.4 is 0 Å². The highest BCUT2D eigenvalue weighted by Gasteiger charge is 2.33. The quantitative estimate of drug-likeness (QED) is 0.809. The van der Waals surface area contributed by atoms with Gasteiger partial charge in [-0.25, -0.2) is 4.98 Å². The maximum Gasteiger partial charge on any atom is 0.434 e. The monoisotopic (exact) mass is 209 g/mol. The Morgan fingerprint density at radius 1 is 1.54 bits per heavy atom. The molecule has 0 saturated carbocycles. The first-order valence-electron chi connectivity index (χ1n) is 3.34. The molecule has 0 aliphatic heterocycles. The molecular weight excluding hydrogens is 203 g/mol. The second-order valence-electron chi connectivity index (χ2n) is 2.15. The minimum absolute atomic E-state index is 0.207. The topological polar surface area (TPSA) is 33.1 Å². The van der Waals surface area contributed by atoms with Crippen molar-refractivity contribution in [1.82, 2.24) is 4.98 Å². The van der Waals surface area contributed by atoms with Gasteiger partial charge in [0.1, 0.15) is 5.01 Å². The third-order valence-electron chi connectivity index (χ3n) is 1.18. The van der Waals surface area contributed by atoms with Crippen molar-refractivity contribution in [3.63, 3.8) is 0 Å². The number of hydrogen-bond acceptors (Lipinski definition) is 3. The van der Waals surface area contributed by atoms with E-state index in [1.165, 1.54) is 12.2 Å². The molecule has 2 nitrogen and oxygen atoms in total. The summed E-state index contributed by atoms with van der Waals surface area (Å²) in [5.41, 5.74) is -0.893. The summed E-state index contributed by atoms with van der Waals surface area (Å²) in [6.07, 6.45) is -1.71. The number of rotatable bonds is 2. The van der Waals surface area contributed by atoms with Crippen LogP contribution in [0.5, 0.6) is 0 Å². The maximum absolute atomic E-state index is 12.0. The third-order valence-corrected chi connectivity index (χ3v) is 1.99. The molecule has 1 N–H and O–H groups in total. The van der Waals surface area contributed by atoms with Crippen LogP contribution in [0, 0.1) is 0 Å². The van der Waals surface area contributed by atoms with Gasteiger partial charge >= 0.3 is 6.18 Å². The zero-order chi connectivity index (χ0) is 9.90. The average molecular weight is 209 g/mol. The van der Waals surface area contributed by atoms with Gasteiger partial charge in [-0.2, -0.15) is 13.2 Å². The maximum atomic E-state index is 12.0. The fourth-order valence-electron chi connectivity index (χ4n) is 0.648. The normalized spacial score (nSPS) is 12.6. The largest absolute Gasteiger partial charge is 0.434 e. The van der Waals surface area contributed by atoms with Gasteiger partial charge in [0.25, 0.3) is 0 Å². The Hall–Kier alpha value is -0.880. The van der Waals surface area contributed by atoms with Crippen molar-refractivity contribution in [3.8, 4) is 0 Å². The fraction of sp³-hybridized carbons (Fsp3) is 0.286. The summed E-state index contributed by atoms with van der Waals surface area (Å²) < 4.78 is 36.0. The molecule has 0 fully saturated rings. The van der Waals surface area contributed by atoms with E-state index in [0.717, 1.165) is 16.7 Å². The molecule has 6 heteroatoms. The lowest BCUT2D eigenvalue weighted by Gasteiger charge is -1.98. The Bertz CT molecular complexity index is 305. The summed E-state index contributed by atoms with van der Waals surface area (Å²) in [7, 11) is 0. The van der Waals surface area contributed by atoms with Crippen LogP contribution in [0.15, 0.2) is 11.5 Å². The number of halogens is 3. The van der Waals surface area contributed by atoms with Crippen molar-refractivity contribution in [1.29, 1.82) is 0 Å². The molecule has 0 radical (unpaired) electrons. The summed E-state index contributed by atoms with van der Waals surface area (Å²) in [5, 5.41) is 9.54.